The number of benzene rings is 3. The van der Waals surface area contributed by atoms with Gasteiger partial charge in [-0.1, -0.05) is 60.7 Å². The number of aliphatic hydroxyl groups excluding tert-OH is 1. The molecule has 0 bridgehead atoms. The Kier molecular flexibility index (Phi) is 10.3. The lowest BCUT2D eigenvalue weighted by atomic mass is 10.1. The predicted molar refractivity (Wildman–Crippen MR) is 119 cm³/mol. The summed E-state index contributed by atoms with van der Waals surface area (Å²) in [5.74, 6) is 1.67. The Bertz CT molecular complexity index is 839. The molecule has 0 aliphatic carbocycles. The van der Waals surface area contributed by atoms with Gasteiger partial charge in [0.05, 0.1) is 38.0 Å². The van der Waals surface area contributed by atoms with Crippen molar-refractivity contribution in [3.05, 3.63) is 94.5 Å². The first-order chi connectivity index (χ1) is 14.1. The zero-order valence-corrected chi connectivity index (χ0v) is 18.3. The zero-order valence-electron chi connectivity index (χ0n) is 16.8. The number of methoxy groups -OCH3 is 2. The Labute approximate surface area is 181 Å². The van der Waals surface area contributed by atoms with Gasteiger partial charge in [-0.15, -0.1) is 0 Å². The van der Waals surface area contributed by atoms with Crippen LogP contribution < -0.4 is 9.47 Å². The van der Waals surface area contributed by atoms with Gasteiger partial charge in [-0.3, -0.25) is 0 Å². The summed E-state index contributed by atoms with van der Waals surface area (Å²) in [6.45, 7) is 0.830. The molecule has 1 atom stereocenters. The summed E-state index contributed by atoms with van der Waals surface area (Å²) in [6, 6.07) is 25.4. The Hall–Kier alpha value is -2.34. The molecule has 0 aliphatic rings. The van der Waals surface area contributed by atoms with Gasteiger partial charge < -0.3 is 19.3 Å². The van der Waals surface area contributed by atoms with Crippen molar-refractivity contribution in [2.24, 2.45) is 0 Å². The first-order valence-corrected chi connectivity index (χ1v) is 10.1. The summed E-state index contributed by atoms with van der Waals surface area (Å²) in [7, 11) is 3.29. The van der Waals surface area contributed by atoms with Gasteiger partial charge in [0.2, 0.25) is 0 Å². The molecule has 5 heteroatoms. The van der Waals surface area contributed by atoms with Crippen molar-refractivity contribution in [2.75, 3.05) is 20.8 Å². The lowest BCUT2D eigenvalue weighted by Gasteiger charge is -2.13. The molecule has 3 aromatic carbocycles. The second kappa shape index (κ2) is 13.0. The molecule has 0 radical (unpaired) electrons. The van der Waals surface area contributed by atoms with Crippen molar-refractivity contribution in [1.82, 2.24) is 0 Å². The average Bonchev–Trinajstić information content (AvgIpc) is 2.76. The van der Waals surface area contributed by atoms with E-state index in [9.17, 15) is 5.11 Å². The first-order valence-electron chi connectivity index (χ1n) is 9.34. The van der Waals surface area contributed by atoms with Crippen molar-refractivity contribution >= 4 is 15.9 Å². The summed E-state index contributed by atoms with van der Waals surface area (Å²) < 4.78 is 16.8. The molecule has 0 spiro atoms. The van der Waals surface area contributed by atoms with E-state index in [4.69, 9.17) is 14.2 Å². The highest BCUT2D eigenvalue weighted by Crippen LogP contribution is 2.22. The van der Waals surface area contributed by atoms with Crippen molar-refractivity contribution in [1.29, 1.82) is 0 Å². The fraction of sp³-hybridized carbons (Fsp3) is 0.250. The van der Waals surface area contributed by atoms with Gasteiger partial charge in [-0.05, 0) is 45.3 Å². The van der Waals surface area contributed by atoms with Gasteiger partial charge in [0.25, 0.3) is 0 Å². The quantitative estimate of drug-likeness (QED) is 0.499. The highest BCUT2D eigenvalue weighted by molar-refractivity contribution is 9.10. The van der Waals surface area contributed by atoms with E-state index in [0.717, 1.165) is 27.1 Å². The molecule has 0 amide bonds. The van der Waals surface area contributed by atoms with Gasteiger partial charge in [-0.25, -0.2) is 0 Å². The molecule has 154 valence electrons. The van der Waals surface area contributed by atoms with Gasteiger partial charge in [0.1, 0.15) is 11.5 Å². The molecular weight excluding hydrogens is 432 g/mol. The van der Waals surface area contributed by atoms with Crippen LogP contribution in [0.4, 0.5) is 0 Å². The Morgan fingerprint density at radius 1 is 0.793 bits per heavy atom. The van der Waals surface area contributed by atoms with E-state index in [-0.39, 0.29) is 0 Å². The van der Waals surface area contributed by atoms with Crippen LogP contribution in [0.3, 0.4) is 0 Å². The maximum Gasteiger partial charge on any atom is 0.133 e. The molecule has 1 N–H and O–H groups in total. The van der Waals surface area contributed by atoms with Gasteiger partial charge in [0.15, 0.2) is 0 Å². The maximum atomic E-state index is 10.0. The van der Waals surface area contributed by atoms with Crippen LogP contribution in [0.15, 0.2) is 83.3 Å². The van der Waals surface area contributed by atoms with E-state index in [1.54, 1.807) is 14.2 Å². The second-order valence-corrected chi connectivity index (χ2v) is 7.16. The van der Waals surface area contributed by atoms with Crippen molar-refractivity contribution in [3.8, 4) is 11.5 Å². The number of halogens is 1. The van der Waals surface area contributed by atoms with Crippen molar-refractivity contribution in [3.63, 3.8) is 0 Å². The smallest absolute Gasteiger partial charge is 0.133 e. The van der Waals surface area contributed by atoms with Gasteiger partial charge >= 0.3 is 0 Å². The molecule has 0 saturated heterocycles. The first kappa shape index (κ1) is 22.9. The molecule has 0 heterocycles. The summed E-state index contributed by atoms with van der Waals surface area (Å²) >= 11 is 3.33. The predicted octanol–water partition coefficient (Wildman–Crippen LogP) is 5.27. The average molecular weight is 459 g/mol. The summed E-state index contributed by atoms with van der Waals surface area (Å²) in [4.78, 5) is 0. The minimum Gasteiger partial charge on any atom is -0.496 e. The molecule has 0 aromatic heterocycles. The largest absolute Gasteiger partial charge is 0.496 e. The van der Waals surface area contributed by atoms with Crippen LogP contribution in [-0.2, 0) is 17.8 Å². The third-order valence-electron chi connectivity index (χ3n) is 4.13. The van der Waals surface area contributed by atoms with Crippen LogP contribution in [0, 0.1) is 0 Å². The third-order valence-corrected chi connectivity index (χ3v) is 4.78. The molecule has 4 nitrogen and oxygen atoms in total. The highest BCUT2D eigenvalue weighted by Gasteiger charge is 2.09. The maximum absolute atomic E-state index is 10.0. The van der Waals surface area contributed by atoms with E-state index in [2.05, 4.69) is 15.9 Å². The number of hydrogen-bond donors (Lipinski definition) is 1. The number of hydrogen-bond acceptors (Lipinski definition) is 4. The molecule has 0 unspecified atom stereocenters. The third kappa shape index (κ3) is 8.28. The van der Waals surface area contributed by atoms with Crippen LogP contribution in [0.25, 0.3) is 0 Å². The van der Waals surface area contributed by atoms with E-state index in [1.165, 1.54) is 0 Å². The lowest BCUT2D eigenvalue weighted by molar-refractivity contribution is 0.0286. The Morgan fingerprint density at radius 2 is 1.38 bits per heavy atom. The minimum atomic E-state index is -0.532. The normalized spacial score (nSPS) is 11.2. The van der Waals surface area contributed by atoms with Crippen LogP contribution >= 0.6 is 15.9 Å². The van der Waals surface area contributed by atoms with Crippen LogP contribution in [0.1, 0.15) is 11.1 Å². The summed E-state index contributed by atoms with van der Waals surface area (Å²) in [5.41, 5.74) is 2.10. The lowest BCUT2D eigenvalue weighted by Crippen LogP contribution is -2.18. The number of rotatable bonds is 8. The SMILES string of the molecule is COc1ccccc1Br.COc1ccccc1C[C@@H](O)COCc1ccccc1. The topological polar surface area (TPSA) is 47.9 Å². The van der Waals surface area contributed by atoms with E-state index >= 15 is 0 Å². The molecular formula is C24H27BrO4. The van der Waals surface area contributed by atoms with Crippen LogP contribution in [0.2, 0.25) is 0 Å². The molecule has 29 heavy (non-hydrogen) atoms. The minimum absolute atomic E-state index is 0.312. The summed E-state index contributed by atoms with van der Waals surface area (Å²) in [6.07, 6.45) is -0.00581. The molecule has 3 aromatic rings. The second-order valence-electron chi connectivity index (χ2n) is 6.31. The summed E-state index contributed by atoms with van der Waals surface area (Å²) in [5, 5.41) is 10.0. The molecule has 0 saturated carbocycles. The Morgan fingerprint density at radius 3 is 2.00 bits per heavy atom. The van der Waals surface area contributed by atoms with E-state index in [1.807, 2.05) is 78.9 Å². The van der Waals surface area contributed by atoms with E-state index in [0.29, 0.717) is 19.6 Å². The van der Waals surface area contributed by atoms with Crippen molar-refractivity contribution in [2.45, 2.75) is 19.1 Å². The molecule has 3 rings (SSSR count). The zero-order chi connectivity index (χ0) is 20.9. The monoisotopic (exact) mass is 458 g/mol. The van der Waals surface area contributed by atoms with Gasteiger partial charge in [0, 0.05) is 6.42 Å². The fourth-order valence-corrected chi connectivity index (χ4v) is 3.13. The van der Waals surface area contributed by atoms with Gasteiger partial charge in [-0.2, -0.15) is 0 Å². The van der Waals surface area contributed by atoms with Crippen LogP contribution in [-0.4, -0.2) is 32.0 Å². The molecule has 0 fully saturated rings. The van der Waals surface area contributed by atoms with Crippen LogP contribution in [0.5, 0.6) is 11.5 Å². The number of ether oxygens (including phenoxy) is 3. The fourth-order valence-electron chi connectivity index (χ4n) is 2.68. The number of para-hydroxylation sites is 2. The molecule has 0 aliphatic heterocycles. The van der Waals surface area contributed by atoms with Crippen molar-refractivity contribution < 1.29 is 19.3 Å². The standard InChI is InChI=1S/C17H20O3.C7H7BrO/c1-19-17-10-6-5-9-15(17)11-16(18)13-20-12-14-7-3-2-4-8-14;1-9-7-5-3-2-4-6(7)8/h2-10,16,18H,11-13H2,1H3;2-5H,1H3/t16-;/m1./s1. The number of aliphatic hydroxyl groups is 1. The Balaban J connectivity index is 0.000000278. The highest BCUT2D eigenvalue weighted by atomic mass is 79.9. The van der Waals surface area contributed by atoms with E-state index < -0.39 is 6.10 Å².